The number of nitrogens with zero attached hydrogens (tertiary/aromatic N) is 1. The molecule has 0 unspecified atom stereocenters. The van der Waals surface area contributed by atoms with Crippen molar-refractivity contribution in [1.29, 1.82) is 0 Å². The fourth-order valence-electron chi connectivity index (χ4n) is 1.39. The molecule has 94 valence electrons. The fourth-order valence-corrected chi connectivity index (χ4v) is 1.53. The minimum absolute atomic E-state index is 0.0241. The lowest BCUT2D eigenvalue weighted by molar-refractivity contribution is 0.386. The van der Waals surface area contributed by atoms with E-state index in [1.165, 1.54) is 25.4 Å². The van der Waals surface area contributed by atoms with Crippen LogP contribution in [0, 0.1) is 11.6 Å². The first-order valence-corrected chi connectivity index (χ1v) is 5.39. The Balaban J connectivity index is 2.26. The van der Waals surface area contributed by atoms with E-state index in [9.17, 15) is 8.78 Å². The van der Waals surface area contributed by atoms with Crippen molar-refractivity contribution in [2.45, 2.75) is 0 Å². The van der Waals surface area contributed by atoms with Crippen molar-refractivity contribution in [1.82, 2.24) is 4.98 Å². The molecule has 0 atom stereocenters. The molecule has 3 nitrogen and oxygen atoms in total. The Morgan fingerprint density at radius 2 is 2.00 bits per heavy atom. The summed E-state index contributed by atoms with van der Waals surface area (Å²) in [5, 5.41) is 2.84. The van der Waals surface area contributed by atoms with Crippen LogP contribution in [0.15, 0.2) is 30.5 Å². The molecule has 1 aromatic heterocycles. The topological polar surface area (TPSA) is 34.1 Å². The minimum atomic E-state index is -0.612. The van der Waals surface area contributed by atoms with Crippen LogP contribution in [-0.2, 0) is 0 Å². The van der Waals surface area contributed by atoms with Crippen molar-refractivity contribution in [2.24, 2.45) is 0 Å². The number of methoxy groups -OCH3 is 1. The summed E-state index contributed by atoms with van der Waals surface area (Å²) in [6.07, 6.45) is 1.30. The Labute approximate surface area is 107 Å². The van der Waals surface area contributed by atoms with E-state index in [-0.39, 0.29) is 16.6 Å². The number of aromatic nitrogens is 1. The molecule has 1 aromatic carbocycles. The second-order valence-electron chi connectivity index (χ2n) is 3.46. The van der Waals surface area contributed by atoms with Gasteiger partial charge in [-0.05, 0) is 18.2 Å². The molecule has 0 radical (unpaired) electrons. The number of benzene rings is 1. The van der Waals surface area contributed by atoms with Crippen LogP contribution < -0.4 is 10.1 Å². The van der Waals surface area contributed by atoms with E-state index in [1.807, 2.05) is 0 Å². The molecule has 0 amide bonds. The average Bonchev–Trinajstić information content (AvgIpc) is 2.33. The lowest BCUT2D eigenvalue weighted by Gasteiger charge is -2.08. The van der Waals surface area contributed by atoms with Crippen LogP contribution in [0.4, 0.5) is 20.3 Å². The maximum atomic E-state index is 13.5. The number of ether oxygens (including phenoxy) is 1. The van der Waals surface area contributed by atoms with Crippen LogP contribution in [0.2, 0.25) is 5.02 Å². The van der Waals surface area contributed by atoms with Crippen molar-refractivity contribution >= 4 is 23.1 Å². The lowest BCUT2D eigenvalue weighted by atomic mass is 10.3. The Hall–Kier alpha value is -1.88. The highest BCUT2D eigenvalue weighted by atomic mass is 35.5. The zero-order valence-corrected chi connectivity index (χ0v) is 10.1. The van der Waals surface area contributed by atoms with Crippen LogP contribution in [0.5, 0.6) is 5.75 Å². The van der Waals surface area contributed by atoms with Gasteiger partial charge in [0.1, 0.15) is 0 Å². The lowest BCUT2D eigenvalue weighted by Crippen LogP contribution is -1.98. The molecular formula is C12H9ClF2N2O. The molecule has 18 heavy (non-hydrogen) atoms. The molecule has 0 fully saturated rings. The van der Waals surface area contributed by atoms with Gasteiger partial charge in [-0.3, -0.25) is 0 Å². The largest absolute Gasteiger partial charge is 0.494 e. The Kier molecular flexibility index (Phi) is 3.62. The van der Waals surface area contributed by atoms with Gasteiger partial charge in [-0.25, -0.2) is 13.8 Å². The van der Waals surface area contributed by atoms with Crippen LogP contribution in [-0.4, -0.2) is 12.1 Å². The van der Waals surface area contributed by atoms with Crippen LogP contribution >= 0.6 is 11.6 Å². The highest BCUT2D eigenvalue weighted by Crippen LogP contribution is 2.24. The third-order valence-electron chi connectivity index (χ3n) is 2.22. The second-order valence-corrected chi connectivity index (χ2v) is 3.89. The highest BCUT2D eigenvalue weighted by molar-refractivity contribution is 6.30. The van der Waals surface area contributed by atoms with Gasteiger partial charge in [0.2, 0.25) is 0 Å². The van der Waals surface area contributed by atoms with Crippen LogP contribution in [0.3, 0.4) is 0 Å². The predicted octanol–water partition coefficient (Wildman–Crippen LogP) is 3.77. The van der Waals surface area contributed by atoms with Gasteiger partial charge in [0, 0.05) is 18.0 Å². The first kappa shape index (κ1) is 12.6. The number of pyridine rings is 1. The minimum Gasteiger partial charge on any atom is -0.494 e. The van der Waals surface area contributed by atoms with E-state index >= 15 is 0 Å². The summed E-state index contributed by atoms with van der Waals surface area (Å²) in [6, 6.07) is 5.30. The molecule has 0 spiro atoms. The molecule has 2 aromatic rings. The van der Waals surface area contributed by atoms with E-state index in [0.717, 1.165) is 6.07 Å². The zero-order valence-electron chi connectivity index (χ0n) is 9.38. The quantitative estimate of drug-likeness (QED) is 0.922. The van der Waals surface area contributed by atoms with Crippen molar-refractivity contribution in [2.75, 3.05) is 12.4 Å². The molecule has 0 aliphatic rings. The molecule has 1 N–H and O–H groups in total. The van der Waals surface area contributed by atoms with Crippen molar-refractivity contribution < 1.29 is 13.5 Å². The number of rotatable bonds is 3. The standard InChI is InChI=1S/C12H9ClF2N2O/c1-18-11-3-2-8(5-9(11)14)17-12-10(15)4-7(13)6-16-12/h2-6H,1H3,(H,16,17). The molecule has 0 saturated heterocycles. The zero-order chi connectivity index (χ0) is 13.1. The van der Waals surface area contributed by atoms with Gasteiger partial charge in [0.25, 0.3) is 0 Å². The normalized spacial score (nSPS) is 10.2. The monoisotopic (exact) mass is 270 g/mol. The summed E-state index contributed by atoms with van der Waals surface area (Å²) < 4.78 is 31.7. The van der Waals surface area contributed by atoms with E-state index in [0.29, 0.717) is 5.69 Å². The highest BCUT2D eigenvalue weighted by Gasteiger charge is 2.07. The maximum absolute atomic E-state index is 13.5. The third-order valence-corrected chi connectivity index (χ3v) is 2.43. The van der Waals surface area contributed by atoms with Crippen LogP contribution in [0.25, 0.3) is 0 Å². The second kappa shape index (κ2) is 5.18. The van der Waals surface area contributed by atoms with Gasteiger partial charge in [0.15, 0.2) is 23.2 Å². The Bertz CT molecular complexity index is 578. The third kappa shape index (κ3) is 2.68. The first-order valence-electron chi connectivity index (χ1n) is 5.02. The summed E-state index contributed by atoms with van der Waals surface area (Å²) in [5.74, 6) is -1.07. The van der Waals surface area contributed by atoms with Crippen LogP contribution in [0.1, 0.15) is 0 Å². The Morgan fingerprint density at radius 3 is 2.61 bits per heavy atom. The molecule has 1 heterocycles. The summed E-state index contributed by atoms with van der Waals surface area (Å²) in [7, 11) is 1.37. The maximum Gasteiger partial charge on any atom is 0.167 e. The smallest absolute Gasteiger partial charge is 0.167 e. The number of anilines is 2. The summed E-state index contributed by atoms with van der Waals surface area (Å²) in [4.78, 5) is 3.77. The van der Waals surface area contributed by atoms with Gasteiger partial charge in [-0.15, -0.1) is 0 Å². The number of hydrogen-bond acceptors (Lipinski definition) is 3. The molecule has 0 aliphatic carbocycles. The molecule has 2 rings (SSSR count). The fraction of sp³-hybridized carbons (Fsp3) is 0.0833. The molecular weight excluding hydrogens is 262 g/mol. The summed E-state index contributed by atoms with van der Waals surface area (Å²) in [5.41, 5.74) is 0.363. The SMILES string of the molecule is COc1ccc(Nc2ncc(Cl)cc2F)cc1F. The molecule has 0 aliphatic heterocycles. The van der Waals surface area contributed by atoms with Gasteiger partial charge in [-0.1, -0.05) is 11.6 Å². The van der Waals surface area contributed by atoms with Crippen molar-refractivity contribution in [3.8, 4) is 5.75 Å². The predicted molar refractivity (Wildman–Crippen MR) is 65.4 cm³/mol. The molecule has 0 bridgehead atoms. The van der Waals surface area contributed by atoms with Gasteiger partial charge in [0.05, 0.1) is 12.1 Å². The van der Waals surface area contributed by atoms with E-state index in [4.69, 9.17) is 16.3 Å². The Morgan fingerprint density at radius 1 is 1.22 bits per heavy atom. The summed E-state index contributed by atoms with van der Waals surface area (Å²) in [6.45, 7) is 0. The first-order chi connectivity index (χ1) is 8.60. The molecule has 0 saturated carbocycles. The number of nitrogens with one attached hydrogen (secondary N) is 1. The van der Waals surface area contributed by atoms with Gasteiger partial charge >= 0.3 is 0 Å². The van der Waals surface area contributed by atoms with E-state index in [1.54, 1.807) is 6.07 Å². The van der Waals surface area contributed by atoms with Gasteiger partial charge in [-0.2, -0.15) is 0 Å². The van der Waals surface area contributed by atoms with Crippen molar-refractivity contribution in [3.05, 3.63) is 47.1 Å². The number of halogens is 3. The number of hydrogen-bond donors (Lipinski definition) is 1. The van der Waals surface area contributed by atoms with E-state index in [2.05, 4.69) is 10.3 Å². The molecule has 6 heteroatoms. The summed E-state index contributed by atoms with van der Waals surface area (Å²) >= 11 is 5.58. The van der Waals surface area contributed by atoms with E-state index < -0.39 is 11.6 Å². The van der Waals surface area contributed by atoms with Crippen molar-refractivity contribution in [3.63, 3.8) is 0 Å². The van der Waals surface area contributed by atoms with Gasteiger partial charge < -0.3 is 10.1 Å². The average molecular weight is 271 g/mol.